The van der Waals surface area contributed by atoms with Crippen LogP contribution in [0.1, 0.15) is 35.2 Å². The van der Waals surface area contributed by atoms with Gasteiger partial charge in [-0.05, 0) is 0 Å². The van der Waals surface area contributed by atoms with Gasteiger partial charge in [0.25, 0.3) is 0 Å². The Kier molecular flexibility index (Phi) is 118. The predicted molar refractivity (Wildman–Crippen MR) is 149 cm³/mol. The summed E-state index contributed by atoms with van der Waals surface area (Å²) in [5.41, 5.74) is 0. The van der Waals surface area contributed by atoms with Crippen molar-refractivity contribution in [1.82, 2.24) is 0 Å². The maximum Gasteiger partial charge on any atom is 0.100 e. The van der Waals surface area contributed by atoms with Crippen molar-refractivity contribution in [3.63, 3.8) is 0 Å². The lowest BCUT2D eigenvalue weighted by molar-refractivity contribution is 0.0450. The molecule has 0 saturated heterocycles. The van der Waals surface area contributed by atoms with E-state index in [1.165, 1.54) is 0 Å². The molecule has 0 rings (SSSR count). The first kappa shape index (κ1) is 54.0. The van der Waals surface area contributed by atoms with E-state index in [0.717, 1.165) is 0 Å². The molecule has 216 valence electrons. The Balaban J connectivity index is -0.0000000199. The fourth-order valence-electron chi connectivity index (χ4n) is 0.189. The van der Waals surface area contributed by atoms with Crippen LogP contribution in [-0.2, 0) is 0 Å². The van der Waals surface area contributed by atoms with Gasteiger partial charge in [-0.15, -0.1) is 0 Å². The molecule has 0 saturated carbocycles. The second-order valence-electron chi connectivity index (χ2n) is 3.60. The standard InChI is InChI=1S/4C3H8O3.4CH4.4H2S/c4*4-1-3(6)2-5;;;;;;;;/h4*3-6H,1-2H2;4*1H4;4*1H2/i4*1D,2+1,3+1;;;;;;;;/t2*1-,3+;2*1-,3-;;;;;;;;/m1010......../s1. The van der Waals surface area contributed by atoms with Crippen molar-refractivity contribution in [2.45, 2.75) is 54.1 Å². The van der Waals surface area contributed by atoms with Gasteiger partial charge >= 0.3 is 0 Å². The van der Waals surface area contributed by atoms with Crippen LogP contribution in [0, 0.1) is 0 Å². The molecule has 0 unspecified atom stereocenters. The van der Waals surface area contributed by atoms with Crippen molar-refractivity contribution in [1.29, 1.82) is 0 Å². The maximum atomic E-state index is 8.25. The second kappa shape index (κ2) is 69.7. The van der Waals surface area contributed by atoms with Gasteiger partial charge in [0.15, 0.2) is 0 Å². The van der Waals surface area contributed by atoms with Crippen LogP contribution in [-0.4, -0.2) is 138 Å². The summed E-state index contributed by atoms with van der Waals surface area (Å²) in [5.74, 6) is 0. The molecule has 0 aliphatic carbocycles. The highest BCUT2D eigenvalue weighted by Crippen LogP contribution is 1.73. The molecule has 0 aliphatic rings. The summed E-state index contributed by atoms with van der Waals surface area (Å²) >= 11 is 0. The summed E-state index contributed by atoms with van der Waals surface area (Å²) < 4.78 is 25.3. The molecule has 0 heterocycles. The summed E-state index contributed by atoms with van der Waals surface area (Å²) in [7, 11) is 0. The number of aliphatic hydroxyl groups is 12. The first-order valence-electron chi connectivity index (χ1n) is 8.61. The minimum absolute atomic E-state index is 0. The quantitative estimate of drug-likeness (QED) is 0.124. The minimum Gasteiger partial charge on any atom is -0.394 e. The van der Waals surface area contributed by atoms with Crippen molar-refractivity contribution in [3.05, 3.63) is 0 Å². The van der Waals surface area contributed by atoms with Gasteiger partial charge in [-0.1, -0.05) is 29.7 Å². The van der Waals surface area contributed by atoms with E-state index in [1.807, 2.05) is 0 Å². The van der Waals surface area contributed by atoms with Gasteiger partial charge in [0, 0.05) is 0 Å². The highest BCUT2D eigenvalue weighted by atomic mass is 32.1. The molecule has 8 atom stereocenters. The monoisotopic (exact) mass is 580 g/mol. The summed E-state index contributed by atoms with van der Waals surface area (Å²) in [6, 6.07) is 0. The molecule has 0 aromatic carbocycles. The zero-order chi connectivity index (χ0) is 23.4. The Morgan fingerprint density at radius 3 is 0.469 bits per heavy atom. The number of hydrogen-bond acceptors (Lipinski definition) is 12. The van der Waals surface area contributed by atoms with E-state index < -0.39 is 77.2 Å². The van der Waals surface area contributed by atoms with Crippen LogP contribution in [0.2, 0.25) is 0 Å². The first-order valence-corrected chi connectivity index (χ1v) is 6.30. The van der Waals surface area contributed by atoms with Gasteiger partial charge in [-0.3, -0.25) is 0 Å². The fraction of sp³-hybridized carbons (Fsp3) is 1.00. The van der Waals surface area contributed by atoms with E-state index in [-0.39, 0.29) is 83.7 Å². The Labute approximate surface area is 227 Å². The second-order valence-corrected chi connectivity index (χ2v) is 3.60. The molecule has 0 aromatic heterocycles. The summed E-state index contributed by atoms with van der Waals surface area (Å²) in [6.45, 7) is -8.57. The van der Waals surface area contributed by atoms with Gasteiger partial charge in [0.1, 0.15) is 24.4 Å². The van der Waals surface area contributed by atoms with Gasteiger partial charge in [0.2, 0.25) is 0 Å². The highest BCUT2D eigenvalue weighted by molar-refractivity contribution is 7.59. The third-order valence-electron chi connectivity index (χ3n) is 1.44. The molecule has 12 nitrogen and oxygen atoms in total. The lowest BCUT2D eigenvalue weighted by Gasteiger charge is -1.96. The number of rotatable bonds is 8. The maximum absolute atomic E-state index is 8.25. The third-order valence-corrected chi connectivity index (χ3v) is 1.44. The van der Waals surface area contributed by atoms with Crippen LogP contribution in [0.3, 0.4) is 0 Å². The van der Waals surface area contributed by atoms with E-state index in [0.29, 0.717) is 0 Å². The van der Waals surface area contributed by atoms with Gasteiger partial charge in [-0.2, -0.15) is 54.0 Å². The molecule has 0 aromatic rings. The van der Waals surface area contributed by atoms with Crippen molar-refractivity contribution in [2.75, 3.05) is 52.8 Å². The Bertz CT molecular complexity index is 268. The predicted octanol–water partition coefficient (Wildman–Crippen LogP) is -3.68. The molecular weight excluding hydrogens is 520 g/mol. The molecule has 0 amide bonds. The smallest absolute Gasteiger partial charge is 0.100 e. The molecule has 0 fully saturated rings. The molecule has 32 heavy (non-hydrogen) atoms. The SMILES string of the molecule is C.C.C.C.S.S.S.S.[2H][C@@H](O)[13C@@H](O)[13CH2]O.[2H][C@@H](O)[13C@H](O)[13CH2]O.[2H][C@H](O)[13C@@H](O)[13CH2]O.[2H][C@H](O)[13C@H](O)[13CH2]O. The van der Waals surface area contributed by atoms with Gasteiger partial charge < -0.3 is 61.3 Å². The zero-order valence-corrected chi connectivity index (χ0v) is 18.8. The van der Waals surface area contributed by atoms with Crippen LogP contribution in [0.5, 0.6) is 0 Å². The van der Waals surface area contributed by atoms with Crippen LogP contribution in [0.25, 0.3) is 0 Å². The summed E-state index contributed by atoms with van der Waals surface area (Å²) in [5, 5.41) is 97.2. The molecule has 16 heteroatoms. The van der Waals surface area contributed by atoms with Crippen molar-refractivity contribution in [2.24, 2.45) is 0 Å². The van der Waals surface area contributed by atoms with E-state index in [4.69, 9.17) is 66.8 Å². The molecule has 0 bridgehead atoms. The Morgan fingerprint density at radius 1 is 0.375 bits per heavy atom. The average Bonchev–Trinajstić information content (AvgIpc) is 2.66. The topological polar surface area (TPSA) is 243 Å². The Morgan fingerprint density at radius 2 is 0.469 bits per heavy atom. The number of aliphatic hydroxyl groups excluding tert-OH is 12. The normalized spacial score (nSPS) is 16.6. The third kappa shape index (κ3) is 96.7. The highest BCUT2D eigenvalue weighted by Gasteiger charge is 1.95. The van der Waals surface area contributed by atoms with Gasteiger partial charge in [0.05, 0.1) is 58.2 Å². The van der Waals surface area contributed by atoms with E-state index in [2.05, 4.69) is 0 Å². The molecule has 0 radical (unpaired) electrons. The van der Waals surface area contributed by atoms with Crippen LogP contribution in [0.4, 0.5) is 0 Å². The molecule has 0 spiro atoms. The van der Waals surface area contributed by atoms with Crippen LogP contribution in [0.15, 0.2) is 0 Å². The Hall–Kier alpha value is 0.920. The largest absolute Gasteiger partial charge is 0.394 e. The van der Waals surface area contributed by atoms with Crippen LogP contribution < -0.4 is 0 Å². The molecular formula is C16H56O12S4. The lowest BCUT2D eigenvalue weighted by atomic mass is 11.0. The number of hydrogen-bond donors (Lipinski definition) is 12. The minimum atomic E-state index is -1.58. The fourth-order valence-corrected chi connectivity index (χ4v) is 0.189. The zero-order valence-electron chi connectivity index (χ0n) is 18.8. The van der Waals surface area contributed by atoms with Crippen LogP contribution >= 0.6 is 54.0 Å². The summed E-state index contributed by atoms with van der Waals surface area (Å²) in [6.07, 6.45) is -5.28. The molecule has 0 aliphatic heterocycles. The van der Waals surface area contributed by atoms with Crippen molar-refractivity contribution >= 4 is 54.0 Å². The van der Waals surface area contributed by atoms with Crippen molar-refractivity contribution < 1.29 is 66.8 Å². The molecule has 12 N–H and O–H groups in total. The van der Waals surface area contributed by atoms with E-state index in [1.54, 1.807) is 0 Å². The lowest BCUT2D eigenvalue weighted by Crippen LogP contribution is -2.15. The average molecular weight is 581 g/mol. The van der Waals surface area contributed by atoms with Crippen molar-refractivity contribution in [3.8, 4) is 0 Å². The first-order chi connectivity index (χ1) is 12.7. The van der Waals surface area contributed by atoms with Gasteiger partial charge in [-0.25, -0.2) is 0 Å². The van der Waals surface area contributed by atoms with E-state index >= 15 is 0 Å². The summed E-state index contributed by atoms with van der Waals surface area (Å²) in [4.78, 5) is 0. The van der Waals surface area contributed by atoms with E-state index in [9.17, 15) is 0 Å².